The second kappa shape index (κ2) is 27.5. The molecule has 0 radical (unpaired) electrons. The molecule has 0 heterocycles. The zero-order valence-corrected chi connectivity index (χ0v) is 21.7. The molecule has 0 fully saturated rings. The van der Waals surface area contributed by atoms with Gasteiger partial charge in [-0.15, -0.1) is 0 Å². The van der Waals surface area contributed by atoms with Crippen molar-refractivity contribution in [3.05, 3.63) is 0 Å². The normalized spacial score (nSPS) is 11.2. The minimum atomic E-state index is 0.0162. The van der Waals surface area contributed by atoms with Gasteiger partial charge in [-0.3, -0.25) is 4.79 Å². The summed E-state index contributed by atoms with van der Waals surface area (Å²) in [7, 11) is 0. The van der Waals surface area contributed by atoms with Gasteiger partial charge in [0, 0.05) is 6.42 Å². The Bertz CT molecular complexity index is 340. The predicted octanol–water partition coefficient (Wildman–Crippen LogP) is 10.3. The highest BCUT2D eigenvalue weighted by atomic mass is 16.5. The van der Waals surface area contributed by atoms with E-state index in [4.69, 9.17) is 4.74 Å². The SMILES string of the molecule is CCCCCCCCCCCCCCCCCCCCOC(=O)CCCCCCCC. The van der Waals surface area contributed by atoms with Crippen LogP contribution in [0.25, 0.3) is 0 Å². The van der Waals surface area contributed by atoms with E-state index in [1.54, 1.807) is 0 Å². The summed E-state index contributed by atoms with van der Waals surface area (Å²) in [4.78, 5) is 11.7. The van der Waals surface area contributed by atoms with Gasteiger partial charge in [-0.25, -0.2) is 0 Å². The number of hydrogen-bond donors (Lipinski definition) is 0. The summed E-state index contributed by atoms with van der Waals surface area (Å²) in [5, 5.41) is 0. The molecule has 2 nitrogen and oxygen atoms in total. The second-order valence-electron chi connectivity index (χ2n) is 9.75. The Kier molecular flexibility index (Phi) is 27.0. The van der Waals surface area contributed by atoms with E-state index >= 15 is 0 Å². The summed E-state index contributed by atoms with van der Waals surface area (Å²) < 4.78 is 5.36. The third-order valence-electron chi connectivity index (χ3n) is 6.50. The number of esters is 1. The van der Waals surface area contributed by atoms with E-state index in [-0.39, 0.29) is 5.97 Å². The average molecular weight is 439 g/mol. The summed E-state index contributed by atoms with van der Waals surface area (Å²) in [5.41, 5.74) is 0. The lowest BCUT2D eigenvalue weighted by atomic mass is 10.0. The van der Waals surface area contributed by atoms with Crippen molar-refractivity contribution in [3.63, 3.8) is 0 Å². The zero-order chi connectivity index (χ0) is 22.7. The highest BCUT2D eigenvalue weighted by Crippen LogP contribution is 2.14. The molecule has 0 saturated carbocycles. The molecule has 0 aromatic heterocycles. The van der Waals surface area contributed by atoms with Gasteiger partial charge in [-0.2, -0.15) is 0 Å². The standard InChI is InChI=1S/C29H58O2/c1-3-5-7-9-11-12-13-14-15-16-17-18-19-20-21-22-24-26-28-31-29(30)27-25-23-10-8-6-4-2/h3-28H2,1-2H3. The molecule has 0 rings (SSSR count). The number of ether oxygens (including phenoxy) is 1. The lowest BCUT2D eigenvalue weighted by molar-refractivity contribution is -0.143. The molecule has 0 aliphatic carbocycles. The molecule has 0 unspecified atom stereocenters. The van der Waals surface area contributed by atoms with Crippen LogP contribution in [-0.2, 0) is 9.53 Å². The van der Waals surface area contributed by atoms with Crippen LogP contribution in [0.2, 0.25) is 0 Å². The molecule has 0 aliphatic heterocycles. The molecule has 0 aliphatic rings. The van der Waals surface area contributed by atoms with Crippen molar-refractivity contribution in [2.45, 2.75) is 174 Å². The quantitative estimate of drug-likeness (QED) is 0.0991. The summed E-state index contributed by atoms with van der Waals surface area (Å²) in [5.74, 6) is 0.0162. The van der Waals surface area contributed by atoms with Crippen molar-refractivity contribution < 1.29 is 9.53 Å². The van der Waals surface area contributed by atoms with E-state index < -0.39 is 0 Å². The van der Waals surface area contributed by atoms with E-state index in [1.807, 2.05) is 0 Å². The fourth-order valence-corrected chi connectivity index (χ4v) is 4.31. The Balaban J connectivity index is 3.09. The third kappa shape index (κ3) is 27.4. The van der Waals surface area contributed by atoms with E-state index in [9.17, 15) is 4.79 Å². The topological polar surface area (TPSA) is 26.3 Å². The Morgan fingerprint density at radius 1 is 0.419 bits per heavy atom. The van der Waals surface area contributed by atoms with Gasteiger partial charge in [0.2, 0.25) is 0 Å². The monoisotopic (exact) mass is 438 g/mol. The molecule has 0 bridgehead atoms. The van der Waals surface area contributed by atoms with Crippen molar-refractivity contribution in [2.75, 3.05) is 6.61 Å². The molecule has 0 atom stereocenters. The van der Waals surface area contributed by atoms with Gasteiger partial charge in [-0.05, 0) is 12.8 Å². The van der Waals surface area contributed by atoms with Crippen LogP contribution < -0.4 is 0 Å². The first-order valence-corrected chi connectivity index (χ1v) is 14.5. The summed E-state index contributed by atoms with van der Waals surface area (Å²) in [6, 6.07) is 0. The van der Waals surface area contributed by atoms with Crippen molar-refractivity contribution in [3.8, 4) is 0 Å². The van der Waals surface area contributed by atoms with Crippen molar-refractivity contribution >= 4 is 5.97 Å². The van der Waals surface area contributed by atoms with Gasteiger partial charge in [0.25, 0.3) is 0 Å². The molecule has 0 saturated heterocycles. The highest BCUT2D eigenvalue weighted by Gasteiger charge is 2.02. The molecule has 186 valence electrons. The third-order valence-corrected chi connectivity index (χ3v) is 6.50. The molecule has 0 amide bonds. The van der Waals surface area contributed by atoms with E-state index in [1.165, 1.54) is 141 Å². The largest absolute Gasteiger partial charge is 0.466 e. The maximum absolute atomic E-state index is 11.7. The minimum Gasteiger partial charge on any atom is -0.466 e. The van der Waals surface area contributed by atoms with Crippen LogP contribution in [0.15, 0.2) is 0 Å². The van der Waals surface area contributed by atoms with Crippen LogP contribution in [0.5, 0.6) is 0 Å². The number of carbonyl (C=O) groups is 1. The van der Waals surface area contributed by atoms with Crippen molar-refractivity contribution in [1.29, 1.82) is 0 Å². The van der Waals surface area contributed by atoms with Gasteiger partial charge in [0.05, 0.1) is 6.61 Å². The minimum absolute atomic E-state index is 0.0162. The van der Waals surface area contributed by atoms with Crippen LogP contribution >= 0.6 is 0 Å². The maximum atomic E-state index is 11.7. The Morgan fingerprint density at radius 3 is 1.06 bits per heavy atom. The molecule has 31 heavy (non-hydrogen) atoms. The average Bonchev–Trinajstić information content (AvgIpc) is 2.77. The maximum Gasteiger partial charge on any atom is 0.305 e. The smallest absolute Gasteiger partial charge is 0.305 e. The summed E-state index contributed by atoms with van der Waals surface area (Å²) >= 11 is 0. The number of hydrogen-bond acceptors (Lipinski definition) is 2. The van der Waals surface area contributed by atoms with E-state index in [0.717, 1.165) is 12.8 Å². The van der Waals surface area contributed by atoms with Gasteiger partial charge < -0.3 is 4.74 Å². The summed E-state index contributed by atoms with van der Waals surface area (Å²) in [6.07, 6.45) is 32.9. The number of carbonyl (C=O) groups excluding carboxylic acids is 1. The zero-order valence-electron chi connectivity index (χ0n) is 21.7. The fraction of sp³-hybridized carbons (Fsp3) is 0.966. The summed E-state index contributed by atoms with van der Waals surface area (Å²) in [6.45, 7) is 5.16. The Morgan fingerprint density at radius 2 is 0.710 bits per heavy atom. The molecule has 2 heteroatoms. The first-order chi connectivity index (χ1) is 15.3. The number of unbranched alkanes of at least 4 members (excludes halogenated alkanes) is 22. The lowest BCUT2D eigenvalue weighted by Gasteiger charge is -2.05. The van der Waals surface area contributed by atoms with Gasteiger partial charge in [0.15, 0.2) is 0 Å². The van der Waals surface area contributed by atoms with Crippen LogP contribution in [-0.4, -0.2) is 12.6 Å². The molecule has 0 spiro atoms. The van der Waals surface area contributed by atoms with Crippen LogP contribution in [0.3, 0.4) is 0 Å². The Hall–Kier alpha value is -0.530. The van der Waals surface area contributed by atoms with Gasteiger partial charge in [0.1, 0.15) is 0 Å². The first kappa shape index (κ1) is 30.5. The molecule has 0 aromatic carbocycles. The second-order valence-corrected chi connectivity index (χ2v) is 9.75. The van der Waals surface area contributed by atoms with Crippen molar-refractivity contribution in [1.82, 2.24) is 0 Å². The van der Waals surface area contributed by atoms with E-state index in [0.29, 0.717) is 13.0 Å². The molecular formula is C29H58O2. The van der Waals surface area contributed by atoms with Crippen LogP contribution in [0.1, 0.15) is 174 Å². The molecular weight excluding hydrogens is 380 g/mol. The van der Waals surface area contributed by atoms with Gasteiger partial charge >= 0.3 is 5.97 Å². The van der Waals surface area contributed by atoms with E-state index in [2.05, 4.69) is 13.8 Å². The van der Waals surface area contributed by atoms with Gasteiger partial charge in [-0.1, -0.05) is 155 Å². The predicted molar refractivity (Wildman–Crippen MR) is 138 cm³/mol. The lowest BCUT2D eigenvalue weighted by Crippen LogP contribution is -2.05. The highest BCUT2D eigenvalue weighted by molar-refractivity contribution is 5.69. The van der Waals surface area contributed by atoms with Crippen LogP contribution in [0, 0.1) is 0 Å². The first-order valence-electron chi connectivity index (χ1n) is 14.5. The molecule has 0 aromatic rings. The Labute approximate surface area is 196 Å². The molecule has 0 N–H and O–H groups in total. The fourth-order valence-electron chi connectivity index (χ4n) is 4.31. The van der Waals surface area contributed by atoms with Crippen molar-refractivity contribution in [2.24, 2.45) is 0 Å². The van der Waals surface area contributed by atoms with Crippen LogP contribution in [0.4, 0.5) is 0 Å². The number of rotatable bonds is 26.